The van der Waals surface area contributed by atoms with E-state index in [2.05, 4.69) is 15.3 Å². The summed E-state index contributed by atoms with van der Waals surface area (Å²) >= 11 is 6.15. The van der Waals surface area contributed by atoms with Crippen molar-refractivity contribution < 1.29 is 9.47 Å². The van der Waals surface area contributed by atoms with Crippen molar-refractivity contribution in [1.29, 1.82) is 0 Å². The molecule has 0 bridgehead atoms. The molecule has 19 heavy (non-hydrogen) atoms. The summed E-state index contributed by atoms with van der Waals surface area (Å²) in [4.78, 5) is 6.52. The maximum atomic E-state index is 6.15. The Hall–Kier alpha value is -0.920. The Morgan fingerprint density at radius 1 is 1.26 bits per heavy atom. The van der Waals surface area contributed by atoms with Crippen molar-refractivity contribution in [3.63, 3.8) is 0 Å². The van der Waals surface area contributed by atoms with Crippen LogP contribution in [0.1, 0.15) is 5.69 Å². The molecule has 0 spiro atoms. The van der Waals surface area contributed by atoms with E-state index in [0.29, 0.717) is 30.6 Å². The lowest BCUT2D eigenvalue weighted by atomic mass is 10.3. The first-order valence-corrected chi connectivity index (χ1v) is 6.41. The first-order valence-electron chi connectivity index (χ1n) is 6.03. The Morgan fingerprint density at radius 2 is 1.89 bits per heavy atom. The van der Waals surface area contributed by atoms with Crippen molar-refractivity contribution in [3.8, 4) is 0 Å². The van der Waals surface area contributed by atoms with Crippen molar-refractivity contribution in [2.24, 2.45) is 5.84 Å². The van der Waals surface area contributed by atoms with Crippen molar-refractivity contribution in [2.45, 2.75) is 6.54 Å². The van der Waals surface area contributed by atoms with Gasteiger partial charge in [0.15, 0.2) is 0 Å². The van der Waals surface area contributed by atoms with Crippen LogP contribution in [-0.4, -0.2) is 50.4 Å². The summed E-state index contributed by atoms with van der Waals surface area (Å²) in [6, 6.07) is 3.52. The van der Waals surface area contributed by atoms with Gasteiger partial charge in [-0.15, -0.1) is 0 Å². The lowest BCUT2D eigenvalue weighted by Crippen LogP contribution is -2.30. The minimum absolute atomic E-state index is 0.595. The number of halogens is 1. The Labute approximate surface area is 118 Å². The molecule has 0 fully saturated rings. The van der Waals surface area contributed by atoms with Gasteiger partial charge in [0.25, 0.3) is 0 Å². The Balaban J connectivity index is 2.70. The minimum Gasteiger partial charge on any atom is -0.383 e. The Kier molecular flexibility index (Phi) is 7.69. The number of rotatable bonds is 9. The number of pyridine rings is 1. The SMILES string of the molecule is COCCN(CCOC)Cc1nc(NN)ccc1Cl. The second kappa shape index (κ2) is 9.06. The second-order valence-corrected chi connectivity index (χ2v) is 4.44. The zero-order valence-corrected chi connectivity index (χ0v) is 12.1. The topological polar surface area (TPSA) is 72.6 Å². The minimum atomic E-state index is 0.595. The first-order chi connectivity index (χ1) is 9.21. The zero-order valence-electron chi connectivity index (χ0n) is 11.4. The molecule has 6 nitrogen and oxygen atoms in total. The molecule has 3 N–H and O–H groups in total. The van der Waals surface area contributed by atoms with Gasteiger partial charge in [0.2, 0.25) is 0 Å². The number of methoxy groups -OCH3 is 2. The molecule has 0 aliphatic carbocycles. The van der Waals surface area contributed by atoms with Crippen molar-refractivity contribution >= 4 is 17.4 Å². The highest BCUT2D eigenvalue weighted by Gasteiger charge is 2.10. The Morgan fingerprint density at radius 3 is 2.42 bits per heavy atom. The van der Waals surface area contributed by atoms with Crippen LogP contribution in [-0.2, 0) is 16.0 Å². The molecule has 0 unspecified atom stereocenters. The summed E-state index contributed by atoms with van der Waals surface area (Å²) in [6.45, 7) is 3.50. The molecule has 0 radical (unpaired) electrons. The first kappa shape index (κ1) is 16.1. The predicted octanol–water partition coefficient (Wildman–Crippen LogP) is 1.12. The monoisotopic (exact) mass is 288 g/mol. The van der Waals surface area contributed by atoms with E-state index in [1.165, 1.54) is 0 Å². The molecule has 0 saturated carbocycles. The standard InChI is InChI=1S/C12H21ClN4O2/c1-18-7-5-17(6-8-19-2)9-11-10(13)3-4-12(15-11)16-14/h3-4H,5-9,14H2,1-2H3,(H,15,16). The van der Waals surface area contributed by atoms with Crippen LogP contribution in [0, 0.1) is 0 Å². The number of hydrazine groups is 1. The molecule has 1 heterocycles. The Bertz CT molecular complexity index is 371. The van der Waals surface area contributed by atoms with Gasteiger partial charge in [-0.2, -0.15) is 0 Å². The number of nitrogen functional groups attached to an aromatic ring is 1. The third-order valence-electron chi connectivity index (χ3n) is 2.66. The van der Waals surface area contributed by atoms with Gasteiger partial charge in [0, 0.05) is 33.9 Å². The third-order valence-corrected chi connectivity index (χ3v) is 3.01. The van der Waals surface area contributed by atoms with Crippen LogP contribution >= 0.6 is 11.6 Å². The maximum absolute atomic E-state index is 6.15. The van der Waals surface area contributed by atoms with Gasteiger partial charge in [-0.05, 0) is 12.1 Å². The molecule has 0 amide bonds. The van der Waals surface area contributed by atoms with E-state index < -0.39 is 0 Å². The fourth-order valence-corrected chi connectivity index (χ4v) is 1.76. The highest BCUT2D eigenvalue weighted by Crippen LogP contribution is 2.17. The number of hydrogen-bond acceptors (Lipinski definition) is 6. The van der Waals surface area contributed by atoms with Gasteiger partial charge < -0.3 is 14.9 Å². The summed E-state index contributed by atoms with van der Waals surface area (Å²) in [5.74, 6) is 5.95. The van der Waals surface area contributed by atoms with Gasteiger partial charge in [-0.1, -0.05) is 11.6 Å². The molecule has 7 heteroatoms. The van der Waals surface area contributed by atoms with E-state index in [9.17, 15) is 0 Å². The average molecular weight is 289 g/mol. The molecule has 1 aromatic heterocycles. The zero-order chi connectivity index (χ0) is 14.1. The largest absolute Gasteiger partial charge is 0.383 e. The van der Waals surface area contributed by atoms with Crippen molar-refractivity contribution in [1.82, 2.24) is 9.88 Å². The molecule has 0 aliphatic heterocycles. The summed E-state index contributed by atoms with van der Waals surface area (Å²) in [7, 11) is 3.36. The van der Waals surface area contributed by atoms with Crippen LogP contribution in [0.2, 0.25) is 5.02 Å². The van der Waals surface area contributed by atoms with Gasteiger partial charge in [0.05, 0.1) is 23.9 Å². The van der Waals surface area contributed by atoms with Crippen LogP contribution in [0.15, 0.2) is 12.1 Å². The van der Waals surface area contributed by atoms with Gasteiger partial charge in [0.1, 0.15) is 5.82 Å². The fourth-order valence-electron chi connectivity index (χ4n) is 1.60. The third kappa shape index (κ3) is 5.71. The van der Waals surface area contributed by atoms with E-state index >= 15 is 0 Å². The summed E-state index contributed by atoms with van der Waals surface area (Å²) in [6.07, 6.45) is 0. The van der Waals surface area contributed by atoms with E-state index in [0.717, 1.165) is 18.8 Å². The molecule has 0 saturated heterocycles. The molecule has 1 aromatic rings. The van der Waals surface area contributed by atoms with Crippen LogP contribution in [0.4, 0.5) is 5.82 Å². The number of nitrogens with one attached hydrogen (secondary N) is 1. The lowest BCUT2D eigenvalue weighted by molar-refractivity contribution is 0.109. The van der Waals surface area contributed by atoms with E-state index in [1.54, 1.807) is 26.4 Å². The number of hydrogen-bond donors (Lipinski definition) is 2. The number of aromatic nitrogens is 1. The van der Waals surface area contributed by atoms with E-state index in [4.69, 9.17) is 26.9 Å². The molecule has 1 rings (SSSR count). The maximum Gasteiger partial charge on any atom is 0.140 e. The van der Waals surface area contributed by atoms with Crippen LogP contribution in [0.3, 0.4) is 0 Å². The number of nitrogens with zero attached hydrogens (tertiary/aromatic N) is 2. The molecule has 0 aliphatic rings. The van der Waals surface area contributed by atoms with Gasteiger partial charge in [-0.3, -0.25) is 4.90 Å². The van der Waals surface area contributed by atoms with Gasteiger partial charge >= 0.3 is 0 Å². The van der Waals surface area contributed by atoms with E-state index in [1.807, 2.05) is 0 Å². The molecular weight excluding hydrogens is 268 g/mol. The smallest absolute Gasteiger partial charge is 0.140 e. The number of ether oxygens (including phenoxy) is 2. The molecule has 0 atom stereocenters. The van der Waals surface area contributed by atoms with Crippen LogP contribution in [0.5, 0.6) is 0 Å². The lowest BCUT2D eigenvalue weighted by Gasteiger charge is -2.21. The summed E-state index contributed by atoms with van der Waals surface area (Å²) < 4.78 is 10.2. The normalized spacial score (nSPS) is 11.0. The molecule has 0 aromatic carbocycles. The molecular formula is C12H21ClN4O2. The van der Waals surface area contributed by atoms with Crippen molar-refractivity contribution in [3.05, 3.63) is 22.8 Å². The number of anilines is 1. The summed E-state index contributed by atoms with van der Waals surface area (Å²) in [5, 5.41) is 0.624. The second-order valence-electron chi connectivity index (χ2n) is 4.03. The quantitative estimate of drug-likeness (QED) is 0.524. The predicted molar refractivity (Wildman–Crippen MR) is 76.1 cm³/mol. The van der Waals surface area contributed by atoms with Crippen molar-refractivity contribution in [2.75, 3.05) is 45.9 Å². The average Bonchev–Trinajstić information content (AvgIpc) is 2.43. The van der Waals surface area contributed by atoms with E-state index in [-0.39, 0.29) is 0 Å². The molecule has 108 valence electrons. The number of nitrogens with two attached hydrogens (primary N) is 1. The highest BCUT2D eigenvalue weighted by atomic mass is 35.5. The summed E-state index contributed by atoms with van der Waals surface area (Å²) in [5.41, 5.74) is 3.30. The van der Waals surface area contributed by atoms with Gasteiger partial charge in [-0.25, -0.2) is 10.8 Å². The highest BCUT2D eigenvalue weighted by molar-refractivity contribution is 6.31. The fraction of sp³-hybridized carbons (Fsp3) is 0.583. The van der Waals surface area contributed by atoms with Crippen LogP contribution < -0.4 is 11.3 Å². The van der Waals surface area contributed by atoms with Crippen LogP contribution in [0.25, 0.3) is 0 Å².